The Bertz CT molecular complexity index is 538. The Hall–Kier alpha value is -1.77. The van der Waals surface area contributed by atoms with Crippen molar-refractivity contribution in [1.82, 2.24) is 9.78 Å². The molecule has 1 aromatic carbocycles. The molecule has 0 aliphatic heterocycles. The monoisotopic (exact) mass is 227 g/mol. The first-order valence-electron chi connectivity index (χ1n) is 6.23. The van der Waals surface area contributed by atoms with E-state index in [9.17, 15) is 0 Å². The average Bonchev–Trinajstić information content (AvgIpc) is 3.13. The van der Waals surface area contributed by atoms with E-state index in [1.165, 1.54) is 18.4 Å². The number of aryl methyl sites for hydroxylation is 1. The highest BCUT2D eigenvalue weighted by atomic mass is 15.3. The van der Waals surface area contributed by atoms with E-state index in [1.54, 1.807) is 0 Å². The van der Waals surface area contributed by atoms with E-state index in [0.717, 1.165) is 23.6 Å². The van der Waals surface area contributed by atoms with Gasteiger partial charge in [0.1, 0.15) is 5.82 Å². The number of aromatic nitrogens is 2. The zero-order valence-electron chi connectivity index (χ0n) is 10.1. The van der Waals surface area contributed by atoms with Gasteiger partial charge in [-0.15, -0.1) is 0 Å². The van der Waals surface area contributed by atoms with Gasteiger partial charge in [-0.05, 0) is 30.9 Å². The number of hydrogen-bond donors (Lipinski definition) is 1. The molecule has 1 aliphatic carbocycles. The Kier molecular flexibility index (Phi) is 2.39. The molecule has 2 aromatic rings. The number of para-hydroxylation sites is 1. The highest BCUT2D eigenvalue weighted by Gasteiger charge is 2.27. The van der Waals surface area contributed by atoms with Gasteiger partial charge in [0.2, 0.25) is 0 Å². The van der Waals surface area contributed by atoms with Crippen LogP contribution in [0.3, 0.4) is 0 Å². The van der Waals surface area contributed by atoms with Crippen molar-refractivity contribution in [3.63, 3.8) is 0 Å². The Labute approximate surface area is 101 Å². The van der Waals surface area contributed by atoms with E-state index in [2.05, 4.69) is 30.2 Å². The summed E-state index contributed by atoms with van der Waals surface area (Å²) in [6.07, 6.45) is 3.51. The third kappa shape index (κ3) is 1.82. The first-order chi connectivity index (χ1) is 8.29. The van der Waals surface area contributed by atoms with Crippen LogP contribution in [-0.4, -0.2) is 9.78 Å². The second kappa shape index (κ2) is 3.91. The van der Waals surface area contributed by atoms with Gasteiger partial charge in [0.05, 0.1) is 11.4 Å². The lowest BCUT2D eigenvalue weighted by Crippen LogP contribution is -2.04. The van der Waals surface area contributed by atoms with E-state index >= 15 is 0 Å². The van der Waals surface area contributed by atoms with Crippen molar-refractivity contribution >= 4 is 5.82 Å². The van der Waals surface area contributed by atoms with E-state index in [-0.39, 0.29) is 0 Å². The average molecular weight is 227 g/mol. The Morgan fingerprint density at radius 3 is 2.82 bits per heavy atom. The molecule has 1 fully saturated rings. The summed E-state index contributed by atoms with van der Waals surface area (Å²) < 4.78 is 1.88. The van der Waals surface area contributed by atoms with Crippen LogP contribution in [0.1, 0.15) is 36.9 Å². The summed E-state index contributed by atoms with van der Waals surface area (Å²) in [6, 6.07) is 10.3. The summed E-state index contributed by atoms with van der Waals surface area (Å²) in [4.78, 5) is 0. The predicted molar refractivity (Wildman–Crippen MR) is 69.3 cm³/mol. The number of hydrogen-bond acceptors (Lipinski definition) is 2. The van der Waals surface area contributed by atoms with Crippen LogP contribution in [0.2, 0.25) is 0 Å². The van der Waals surface area contributed by atoms with E-state index < -0.39 is 0 Å². The molecule has 0 amide bonds. The molecule has 0 bridgehead atoms. The van der Waals surface area contributed by atoms with Gasteiger partial charge >= 0.3 is 0 Å². The van der Waals surface area contributed by atoms with Gasteiger partial charge in [-0.2, -0.15) is 5.10 Å². The molecule has 1 aromatic heterocycles. The van der Waals surface area contributed by atoms with Crippen LogP contribution in [0.5, 0.6) is 0 Å². The molecule has 1 heterocycles. The maximum Gasteiger partial charge on any atom is 0.127 e. The van der Waals surface area contributed by atoms with Crippen LogP contribution < -0.4 is 5.73 Å². The minimum atomic E-state index is 0.646. The number of rotatable bonds is 3. The SMILES string of the molecule is CCc1ccccc1-n1nc(C2CC2)cc1N. The molecule has 3 nitrogen and oxygen atoms in total. The zero-order chi connectivity index (χ0) is 11.8. The molecule has 0 atom stereocenters. The summed E-state index contributed by atoms with van der Waals surface area (Å²) in [5.74, 6) is 1.39. The normalized spacial score (nSPS) is 15.1. The number of nitrogens with two attached hydrogens (primary N) is 1. The molecule has 0 spiro atoms. The molecular weight excluding hydrogens is 210 g/mol. The molecule has 1 saturated carbocycles. The molecule has 3 heteroatoms. The first-order valence-corrected chi connectivity index (χ1v) is 6.23. The molecule has 0 unspecified atom stereocenters. The first kappa shape index (κ1) is 10.4. The lowest BCUT2D eigenvalue weighted by Gasteiger charge is -2.08. The van der Waals surface area contributed by atoms with Crippen LogP contribution in [0.15, 0.2) is 30.3 Å². The highest BCUT2D eigenvalue weighted by molar-refractivity contribution is 5.48. The van der Waals surface area contributed by atoms with E-state index in [0.29, 0.717) is 5.92 Å². The van der Waals surface area contributed by atoms with Crippen molar-refractivity contribution in [2.75, 3.05) is 5.73 Å². The smallest absolute Gasteiger partial charge is 0.127 e. The standard InChI is InChI=1S/C14H17N3/c1-2-10-5-3-4-6-13(10)17-14(15)9-12(16-17)11-7-8-11/h3-6,9,11H,2,7-8,15H2,1H3. The van der Waals surface area contributed by atoms with Crippen molar-refractivity contribution in [3.8, 4) is 5.69 Å². The van der Waals surface area contributed by atoms with Gasteiger partial charge in [0.25, 0.3) is 0 Å². The quantitative estimate of drug-likeness (QED) is 0.876. The summed E-state index contributed by atoms with van der Waals surface area (Å²) in [5, 5.41) is 4.64. The number of nitrogen functional groups attached to an aromatic ring is 1. The van der Waals surface area contributed by atoms with Gasteiger partial charge in [-0.3, -0.25) is 0 Å². The lowest BCUT2D eigenvalue weighted by molar-refractivity contribution is 0.833. The molecule has 17 heavy (non-hydrogen) atoms. The maximum absolute atomic E-state index is 6.06. The number of anilines is 1. The Balaban J connectivity index is 2.07. The summed E-state index contributed by atoms with van der Waals surface area (Å²) in [5.41, 5.74) is 9.60. The van der Waals surface area contributed by atoms with Gasteiger partial charge < -0.3 is 5.73 Å². The Morgan fingerprint density at radius 2 is 2.12 bits per heavy atom. The third-order valence-electron chi connectivity index (χ3n) is 3.35. The Morgan fingerprint density at radius 1 is 1.35 bits per heavy atom. The van der Waals surface area contributed by atoms with Gasteiger partial charge in [0.15, 0.2) is 0 Å². The zero-order valence-corrected chi connectivity index (χ0v) is 10.1. The molecule has 0 radical (unpaired) electrons. The summed E-state index contributed by atoms with van der Waals surface area (Å²) >= 11 is 0. The van der Waals surface area contributed by atoms with Crippen molar-refractivity contribution in [2.45, 2.75) is 32.1 Å². The minimum Gasteiger partial charge on any atom is -0.384 e. The largest absolute Gasteiger partial charge is 0.384 e. The van der Waals surface area contributed by atoms with Crippen LogP contribution in [0.4, 0.5) is 5.82 Å². The molecular formula is C14H17N3. The molecule has 2 N–H and O–H groups in total. The van der Waals surface area contributed by atoms with Gasteiger partial charge in [0, 0.05) is 12.0 Å². The highest BCUT2D eigenvalue weighted by Crippen LogP contribution is 2.40. The van der Waals surface area contributed by atoms with Crippen molar-refractivity contribution in [2.24, 2.45) is 0 Å². The molecule has 1 aliphatic rings. The van der Waals surface area contributed by atoms with Crippen LogP contribution >= 0.6 is 0 Å². The predicted octanol–water partition coefficient (Wildman–Crippen LogP) is 2.89. The second-order valence-electron chi connectivity index (χ2n) is 4.66. The van der Waals surface area contributed by atoms with Gasteiger partial charge in [-0.1, -0.05) is 25.1 Å². The number of benzene rings is 1. The third-order valence-corrected chi connectivity index (χ3v) is 3.35. The van der Waals surface area contributed by atoms with E-state index in [1.807, 2.05) is 16.8 Å². The number of nitrogens with zero attached hydrogens (tertiary/aromatic N) is 2. The van der Waals surface area contributed by atoms with Crippen LogP contribution in [0, 0.1) is 0 Å². The van der Waals surface area contributed by atoms with Crippen molar-refractivity contribution < 1.29 is 0 Å². The topological polar surface area (TPSA) is 43.8 Å². The van der Waals surface area contributed by atoms with Crippen molar-refractivity contribution in [3.05, 3.63) is 41.6 Å². The molecule has 3 rings (SSSR count). The molecule has 88 valence electrons. The van der Waals surface area contributed by atoms with Crippen LogP contribution in [-0.2, 0) is 6.42 Å². The summed E-state index contributed by atoms with van der Waals surface area (Å²) in [6.45, 7) is 2.15. The maximum atomic E-state index is 6.06. The molecule has 0 saturated heterocycles. The van der Waals surface area contributed by atoms with Crippen LogP contribution in [0.25, 0.3) is 5.69 Å². The van der Waals surface area contributed by atoms with E-state index in [4.69, 9.17) is 5.73 Å². The fourth-order valence-corrected chi connectivity index (χ4v) is 2.20. The summed E-state index contributed by atoms with van der Waals surface area (Å²) in [7, 11) is 0. The minimum absolute atomic E-state index is 0.646. The lowest BCUT2D eigenvalue weighted by atomic mass is 10.1. The second-order valence-corrected chi connectivity index (χ2v) is 4.66. The van der Waals surface area contributed by atoms with Crippen molar-refractivity contribution in [1.29, 1.82) is 0 Å². The fraction of sp³-hybridized carbons (Fsp3) is 0.357. The van der Waals surface area contributed by atoms with Gasteiger partial charge in [-0.25, -0.2) is 4.68 Å². The fourth-order valence-electron chi connectivity index (χ4n) is 2.20.